The second-order valence-corrected chi connectivity index (χ2v) is 4.85. The van der Waals surface area contributed by atoms with Crippen LogP contribution in [-0.2, 0) is 6.42 Å². The Labute approximate surface area is 122 Å². The summed E-state index contributed by atoms with van der Waals surface area (Å²) >= 11 is 0. The van der Waals surface area contributed by atoms with Crippen LogP contribution in [0.3, 0.4) is 0 Å². The molecule has 1 atom stereocenters. The summed E-state index contributed by atoms with van der Waals surface area (Å²) in [5.74, 6) is 0. The highest BCUT2D eigenvalue weighted by Crippen LogP contribution is 2.21. The molecule has 1 unspecified atom stereocenters. The maximum absolute atomic E-state index is 10.3. The van der Waals surface area contributed by atoms with Gasteiger partial charge in [-0.1, -0.05) is 18.2 Å². The number of hydrogen-bond donors (Lipinski definition) is 2. The van der Waals surface area contributed by atoms with E-state index in [1.165, 1.54) is 0 Å². The highest BCUT2D eigenvalue weighted by atomic mass is 16.3. The van der Waals surface area contributed by atoms with Crippen LogP contribution in [0.25, 0.3) is 5.69 Å². The highest BCUT2D eigenvalue weighted by Gasteiger charge is 2.13. The molecule has 5 nitrogen and oxygen atoms in total. The van der Waals surface area contributed by atoms with Gasteiger partial charge in [0.05, 0.1) is 18.0 Å². The van der Waals surface area contributed by atoms with Crippen LogP contribution < -0.4 is 5.73 Å². The largest absolute Gasteiger partial charge is 0.398 e. The van der Waals surface area contributed by atoms with Crippen molar-refractivity contribution in [2.45, 2.75) is 12.5 Å². The lowest BCUT2D eigenvalue weighted by Crippen LogP contribution is -2.04. The predicted octanol–water partition coefficient (Wildman–Crippen LogP) is 2.13. The van der Waals surface area contributed by atoms with Gasteiger partial charge in [-0.15, -0.1) is 0 Å². The molecule has 0 aliphatic heterocycles. The Morgan fingerprint density at radius 2 is 1.95 bits per heavy atom. The third kappa shape index (κ3) is 2.93. The Morgan fingerprint density at radius 3 is 2.71 bits per heavy atom. The van der Waals surface area contributed by atoms with E-state index in [2.05, 4.69) is 10.1 Å². The average molecular weight is 280 g/mol. The maximum atomic E-state index is 10.3. The number of pyridine rings is 1. The van der Waals surface area contributed by atoms with Crippen molar-refractivity contribution in [1.29, 1.82) is 0 Å². The molecule has 0 aliphatic rings. The van der Waals surface area contributed by atoms with Crippen molar-refractivity contribution in [3.63, 3.8) is 0 Å². The van der Waals surface area contributed by atoms with Gasteiger partial charge >= 0.3 is 0 Å². The molecule has 0 spiro atoms. The average Bonchev–Trinajstić information content (AvgIpc) is 3.00. The highest BCUT2D eigenvalue weighted by molar-refractivity contribution is 5.45. The normalized spacial score (nSPS) is 12.2. The minimum absolute atomic E-state index is 0.417. The SMILES string of the molecule is Nc1ccncc1CC(O)c1cnn(-c2ccccc2)c1. The van der Waals surface area contributed by atoms with E-state index >= 15 is 0 Å². The topological polar surface area (TPSA) is 77.0 Å². The molecule has 106 valence electrons. The first-order valence-corrected chi connectivity index (χ1v) is 6.70. The first-order valence-electron chi connectivity index (χ1n) is 6.70. The Bertz CT molecular complexity index is 724. The Balaban J connectivity index is 1.79. The van der Waals surface area contributed by atoms with Gasteiger partial charge in [0.2, 0.25) is 0 Å². The molecule has 5 heteroatoms. The van der Waals surface area contributed by atoms with E-state index in [9.17, 15) is 5.11 Å². The maximum Gasteiger partial charge on any atom is 0.0862 e. The van der Waals surface area contributed by atoms with Crippen molar-refractivity contribution in [3.8, 4) is 5.69 Å². The second-order valence-electron chi connectivity index (χ2n) is 4.85. The molecule has 0 fully saturated rings. The summed E-state index contributed by atoms with van der Waals surface area (Å²) in [5, 5.41) is 14.6. The first kappa shape index (κ1) is 13.3. The molecule has 3 N–H and O–H groups in total. The third-order valence-electron chi connectivity index (χ3n) is 3.36. The third-order valence-corrected chi connectivity index (χ3v) is 3.36. The standard InChI is InChI=1S/C16H16N4O/c17-15-6-7-18-9-12(15)8-16(21)13-10-19-20(11-13)14-4-2-1-3-5-14/h1-7,9-11,16,21H,8H2,(H2,17,18). The lowest BCUT2D eigenvalue weighted by atomic mass is 10.0. The van der Waals surface area contributed by atoms with Gasteiger partial charge in [-0.3, -0.25) is 4.98 Å². The van der Waals surface area contributed by atoms with Gasteiger partial charge in [0, 0.05) is 36.3 Å². The summed E-state index contributed by atoms with van der Waals surface area (Å²) in [5.41, 5.74) is 9.05. The molecule has 0 radical (unpaired) electrons. The monoisotopic (exact) mass is 280 g/mol. The number of benzene rings is 1. The van der Waals surface area contributed by atoms with Crippen molar-refractivity contribution in [2.75, 3.05) is 5.73 Å². The van der Waals surface area contributed by atoms with Gasteiger partial charge < -0.3 is 10.8 Å². The number of nitrogen functional groups attached to an aromatic ring is 1. The molecule has 0 saturated carbocycles. The van der Waals surface area contributed by atoms with Gasteiger partial charge in [0.25, 0.3) is 0 Å². The van der Waals surface area contributed by atoms with Crippen LogP contribution in [0, 0.1) is 0 Å². The lowest BCUT2D eigenvalue weighted by Gasteiger charge is -2.09. The molecule has 0 saturated heterocycles. The Morgan fingerprint density at radius 1 is 1.14 bits per heavy atom. The first-order chi connectivity index (χ1) is 10.2. The number of aromatic nitrogens is 3. The molecule has 0 aliphatic carbocycles. The van der Waals surface area contributed by atoms with Crippen molar-refractivity contribution >= 4 is 5.69 Å². The van der Waals surface area contributed by atoms with Crippen LogP contribution in [-0.4, -0.2) is 19.9 Å². The summed E-state index contributed by atoms with van der Waals surface area (Å²) in [4.78, 5) is 4.03. The van der Waals surface area contributed by atoms with E-state index < -0.39 is 6.10 Å². The summed E-state index contributed by atoms with van der Waals surface area (Å²) in [6.45, 7) is 0. The number of anilines is 1. The van der Waals surface area contributed by atoms with Gasteiger partial charge in [-0.25, -0.2) is 4.68 Å². The molecule has 21 heavy (non-hydrogen) atoms. The van der Waals surface area contributed by atoms with Crippen molar-refractivity contribution in [3.05, 3.63) is 72.3 Å². The van der Waals surface area contributed by atoms with Gasteiger partial charge in [-0.05, 0) is 23.8 Å². The minimum Gasteiger partial charge on any atom is -0.398 e. The van der Waals surface area contributed by atoms with Crippen LogP contribution >= 0.6 is 0 Å². The van der Waals surface area contributed by atoms with Gasteiger partial charge in [-0.2, -0.15) is 5.10 Å². The fourth-order valence-electron chi connectivity index (χ4n) is 2.17. The van der Waals surface area contributed by atoms with Crippen molar-refractivity contribution in [1.82, 2.24) is 14.8 Å². The number of hydrogen-bond acceptors (Lipinski definition) is 4. The molecule has 1 aromatic carbocycles. The molecule has 2 heterocycles. The minimum atomic E-state index is -0.658. The molecular weight excluding hydrogens is 264 g/mol. The van der Waals surface area contributed by atoms with E-state index in [1.54, 1.807) is 29.3 Å². The molecule has 3 aromatic rings. The van der Waals surface area contributed by atoms with Crippen molar-refractivity contribution < 1.29 is 5.11 Å². The molecule has 0 bridgehead atoms. The van der Waals surface area contributed by atoms with E-state index in [1.807, 2.05) is 36.5 Å². The number of aliphatic hydroxyl groups excluding tert-OH is 1. The number of nitrogens with zero attached hydrogens (tertiary/aromatic N) is 3. The zero-order chi connectivity index (χ0) is 14.7. The Hall–Kier alpha value is -2.66. The quantitative estimate of drug-likeness (QED) is 0.767. The summed E-state index contributed by atoms with van der Waals surface area (Å²) in [6, 6.07) is 11.5. The summed E-state index contributed by atoms with van der Waals surface area (Å²) in [7, 11) is 0. The number of para-hydroxylation sites is 1. The van der Waals surface area contributed by atoms with E-state index in [-0.39, 0.29) is 0 Å². The summed E-state index contributed by atoms with van der Waals surface area (Å²) in [6.07, 6.45) is 6.57. The predicted molar refractivity (Wildman–Crippen MR) is 80.9 cm³/mol. The van der Waals surface area contributed by atoms with E-state index in [0.29, 0.717) is 12.1 Å². The van der Waals surface area contributed by atoms with Gasteiger partial charge in [0.1, 0.15) is 0 Å². The fraction of sp³-hybridized carbons (Fsp3) is 0.125. The number of nitrogens with two attached hydrogens (primary N) is 1. The van der Waals surface area contributed by atoms with Crippen molar-refractivity contribution in [2.24, 2.45) is 0 Å². The van der Waals surface area contributed by atoms with E-state index in [0.717, 1.165) is 16.8 Å². The summed E-state index contributed by atoms with van der Waals surface area (Å²) < 4.78 is 1.74. The molecule has 3 rings (SSSR count). The smallest absolute Gasteiger partial charge is 0.0862 e. The number of aliphatic hydroxyl groups is 1. The molecular formula is C16H16N4O. The van der Waals surface area contributed by atoms with Crippen LogP contribution in [0.5, 0.6) is 0 Å². The van der Waals surface area contributed by atoms with Crippen LogP contribution in [0.2, 0.25) is 0 Å². The lowest BCUT2D eigenvalue weighted by molar-refractivity contribution is 0.178. The fourth-order valence-corrected chi connectivity index (χ4v) is 2.17. The second kappa shape index (κ2) is 5.76. The zero-order valence-electron chi connectivity index (χ0n) is 11.4. The van der Waals surface area contributed by atoms with E-state index in [4.69, 9.17) is 5.73 Å². The van der Waals surface area contributed by atoms with Crippen LogP contribution in [0.4, 0.5) is 5.69 Å². The number of rotatable bonds is 4. The Kier molecular flexibility index (Phi) is 3.66. The van der Waals surface area contributed by atoms with Crippen LogP contribution in [0.1, 0.15) is 17.2 Å². The molecule has 2 aromatic heterocycles. The van der Waals surface area contributed by atoms with Crippen LogP contribution in [0.15, 0.2) is 61.2 Å². The van der Waals surface area contributed by atoms with Gasteiger partial charge in [0.15, 0.2) is 0 Å². The molecule has 0 amide bonds. The zero-order valence-corrected chi connectivity index (χ0v) is 11.4.